The average Bonchev–Trinajstić information content (AvgIpc) is 3.33. The zero-order valence-corrected chi connectivity index (χ0v) is 20.4. The van der Waals surface area contributed by atoms with E-state index in [0.717, 1.165) is 10.6 Å². The second kappa shape index (κ2) is 9.79. The van der Waals surface area contributed by atoms with Gasteiger partial charge in [-0.25, -0.2) is 9.67 Å². The summed E-state index contributed by atoms with van der Waals surface area (Å²) >= 11 is 1.65. The van der Waals surface area contributed by atoms with Crippen molar-refractivity contribution in [2.75, 3.05) is 33.7 Å². The summed E-state index contributed by atoms with van der Waals surface area (Å²) in [6, 6.07) is 5.81. The van der Waals surface area contributed by atoms with E-state index in [1.165, 1.54) is 0 Å². The van der Waals surface area contributed by atoms with E-state index in [2.05, 4.69) is 10.1 Å². The lowest BCUT2D eigenvalue weighted by molar-refractivity contribution is -0.155. The molecule has 9 heteroatoms. The van der Waals surface area contributed by atoms with Crippen molar-refractivity contribution < 1.29 is 14.3 Å². The van der Waals surface area contributed by atoms with Gasteiger partial charge in [-0.3, -0.25) is 9.59 Å². The third-order valence-electron chi connectivity index (χ3n) is 4.70. The molecular formula is C23H31N5O3S. The molecule has 0 saturated heterocycles. The van der Waals surface area contributed by atoms with Gasteiger partial charge in [0.15, 0.2) is 5.65 Å². The van der Waals surface area contributed by atoms with Gasteiger partial charge >= 0.3 is 5.97 Å². The highest BCUT2D eigenvalue weighted by Crippen LogP contribution is 2.22. The number of hydrogen-bond donors (Lipinski definition) is 0. The molecule has 0 atom stereocenters. The first-order chi connectivity index (χ1) is 15.0. The van der Waals surface area contributed by atoms with Crippen LogP contribution < -0.4 is 0 Å². The molecule has 0 spiro atoms. The Hall–Kier alpha value is -2.78. The summed E-state index contributed by atoms with van der Waals surface area (Å²) in [4.78, 5) is 35.4. The van der Waals surface area contributed by atoms with E-state index >= 15 is 0 Å². The van der Waals surface area contributed by atoms with E-state index < -0.39 is 11.6 Å². The molecule has 8 nitrogen and oxygen atoms in total. The van der Waals surface area contributed by atoms with E-state index in [1.54, 1.807) is 28.5 Å². The molecule has 0 bridgehead atoms. The lowest BCUT2D eigenvalue weighted by Crippen LogP contribution is -2.42. The molecule has 3 aromatic rings. The molecule has 1 amide bonds. The summed E-state index contributed by atoms with van der Waals surface area (Å²) in [5, 5.41) is 7.19. The van der Waals surface area contributed by atoms with Crippen molar-refractivity contribution in [2.24, 2.45) is 0 Å². The number of fused-ring (bicyclic) bond motifs is 1. The number of hydrogen-bond acceptors (Lipinski definition) is 7. The maximum absolute atomic E-state index is 13.6. The highest BCUT2D eigenvalue weighted by atomic mass is 32.1. The minimum atomic E-state index is -0.614. The van der Waals surface area contributed by atoms with Crippen LogP contribution in [0.25, 0.3) is 11.0 Å². The lowest BCUT2D eigenvalue weighted by atomic mass is 10.1. The lowest BCUT2D eigenvalue weighted by Gasteiger charge is -2.26. The van der Waals surface area contributed by atoms with Gasteiger partial charge in [0, 0.05) is 23.7 Å². The normalized spacial score (nSPS) is 11.8. The number of nitrogens with zero attached hydrogens (tertiary/aromatic N) is 5. The number of esters is 1. The number of pyridine rings is 1. The summed E-state index contributed by atoms with van der Waals surface area (Å²) in [6.07, 6.45) is 1.68. The van der Waals surface area contributed by atoms with E-state index in [-0.39, 0.29) is 12.5 Å². The third-order valence-corrected chi connectivity index (χ3v) is 5.56. The Morgan fingerprint density at radius 1 is 1.22 bits per heavy atom. The fourth-order valence-electron chi connectivity index (χ4n) is 3.29. The molecule has 32 heavy (non-hydrogen) atoms. The van der Waals surface area contributed by atoms with E-state index in [0.29, 0.717) is 36.2 Å². The SMILES string of the molecule is Cc1cc(C(=O)N(CCN(C)C)CC(=O)OC(C)(C)C)c2cnn(Cc3cccs3)c2n1. The van der Waals surface area contributed by atoms with Gasteiger partial charge in [-0.2, -0.15) is 5.10 Å². The number of aromatic nitrogens is 3. The number of carbonyl (C=O) groups is 2. The van der Waals surface area contributed by atoms with Gasteiger partial charge in [-0.1, -0.05) is 6.07 Å². The molecule has 3 heterocycles. The van der Waals surface area contributed by atoms with Gasteiger partial charge < -0.3 is 14.5 Å². The first kappa shape index (κ1) is 23.9. The molecule has 3 aromatic heterocycles. The Labute approximate surface area is 192 Å². The summed E-state index contributed by atoms with van der Waals surface area (Å²) in [5.74, 6) is -0.663. The van der Waals surface area contributed by atoms with Crippen molar-refractivity contribution in [3.8, 4) is 0 Å². The van der Waals surface area contributed by atoms with Crippen molar-refractivity contribution in [3.05, 3.63) is 45.9 Å². The van der Waals surface area contributed by atoms with Gasteiger partial charge in [0.1, 0.15) is 12.1 Å². The summed E-state index contributed by atoms with van der Waals surface area (Å²) in [7, 11) is 3.86. The minimum absolute atomic E-state index is 0.115. The summed E-state index contributed by atoms with van der Waals surface area (Å²) < 4.78 is 7.27. The maximum Gasteiger partial charge on any atom is 0.326 e. The van der Waals surface area contributed by atoms with Crippen LogP contribution in [0.5, 0.6) is 0 Å². The third kappa shape index (κ3) is 6.14. The standard InChI is InChI=1S/C23H31N5O3S/c1-16-12-18(19-13-24-28(21(19)25-16)14-17-8-7-11-32-17)22(30)27(10-9-26(5)6)15-20(29)31-23(2,3)4/h7-8,11-13H,9-10,14-15H2,1-6H3. The molecule has 0 N–H and O–H groups in total. The molecule has 0 aromatic carbocycles. The minimum Gasteiger partial charge on any atom is -0.459 e. The molecule has 0 aliphatic rings. The predicted molar refractivity (Wildman–Crippen MR) is 126 cm³/mol. The molecule has 0 unspecified atom stereocenters. The van der Waals surface area contributed by atoms with Gasteiger partial charge in [-0.15, -0.1) is 11.3 Å². The zero-order valence-electron chi connectivity index (χ0n) is 19.6. The summed E-state index contributed by atoms with van der Waals surface area (Å²) in [5.41, 5.74) is 1.26. The number of likely N-dealkylation sites (N-methyl/N-ethyl adjacent to an activating group) is 1. The fraction of sp³-hybridized carbons (Fsp3) is 0.478. The Bertz CT molecular complexity index is 1080. The molecular weight excluding hydrogens is 426 g/mol. The largest absolute Gasteiger partial charge is 0.459 e. The summed E-state index contributed by atoms with van der Waals surface area (Å²) in [6.45, 7) is 8.80. The van der Waals surface area contributed by atoms with Gasteiger partial charge in [0.05, 0.1) is 23.7 Å². The van der Waals surface area contributed by atoms with Crippen LogP contribution in [0.1, 0.15) is 41.7 Å². The number of aryl methyl sites for hydroxylation is 1. The van der Waals surface area contributed by atoms with Crippen molar-refractivity contribution in [3.63, 3.8) is 0 Å². The van der Waals surface area contributed by atoms with Crippen molar-refractivity contribution in [1.29, 1.82) is 0 Å². The smallest absolute Gasteiger partial charge is 0.326 e. The Kier molecular flexibility index (Phi) is 7.30. The van der Waals surface area contributed by atoms with Crippen LogP contribution in [-0.4, -0.2) is 75.8 Å². The molecule has 0 aliphatic carbocycles. The Balaban J connectivity index is 1.93. The van der Waals surface area contributed by atoms with Crippen LogP contribution in [0.15, 0.2) is 29.8 Å². The molecule has 0 fully saturated rings. The molecule has 0 saturated carbocycles. The second-order valence-electron chi connectivity index (χ2n) is 9.05. The number of carbonyl (C=O) groups excluding carboxylic acids is 2. The van der Waals surface area contributed by atoms with E-state index in [4.69, 9.17) is 4.74 Å². The average molecular weight is 458 g/mol. The number of rotatable bonds is 8. The van der Waals surface area contributed by atoms with Crippen LogP contribution in [0, 0.1) is 6.92 Å². The topological polar surface area (TPSA) is 80.6 Å². The first-order valence-corrected chi connectivity index (χ1v) is 11.4. The van der Waals surface area contributed by atoms with Crippen LogP contribution >= 0.6 is 11.3 Å². The van der Waals surface area contributed by atoms with Gasteiger partial charge in [-0.05, 0) is 59.3 Å². The van der Waals surface area contributed by atoms with Gasteiger partial charge in [0.2, 0.25) is 0 Å². The van der Waals surface area contributed by atoms with Gasteiger partial charge in [0.25, 0.3) is 5.91 Å². The van der Waals surface area contributed by atoms with Crippen LogP contribution in [0.4, 0.5) is 0 Å². The van der Waals surface area contributed by atoms with Crippen LogP contribution in [0.3, 0.4) is 0 Å². The number of thiophene rings is 1. The Morgan fingerprint density at radius 3 is 2.59 bits per heavy atom. The maximum atomic E-state index is 13.6. The van der Waals surface area contributed by atoms with Crippen LogP contribution in [0.2, 0.25) is 0 Å². The van der Waals surface area contributed by atoms with Crippen molar-refractivity contribution >= 4 is 34.2 Å². The highest BCUT2D eigenvalue weighted by Gasteiger charge is 2.25. The molecule has 172 valence electrons. The zero-order chi connectivity index (χ0) is 23.5. The fourth-order valence-corrected chi connectivity index (χ4v) is 3.97. The first-order valence-electron chi connectivity index (χ1n) is 10.5. The quantitative estimate of drug-likeness (QED) is 0.483. The highest BCUT2D eigenvalue weighted by molar-refractivity contribution is 7.09. The Morgan fingerprint density at radius 2 is 1.97 bits per heavy atom. The predicted octanol–water partition coefficient (Wildman–Crippen LogP) is 3.20. The van der Waals surface area contributed by atoms with E-state index in [1.807, 2.05) is 68.9 Å². The molecule has 3 rings (SSSR count). The second-order valence-corrected chi connectivity index (χ2v) is 10.1. The monoisotopic (exact) mass is 457 g/mol. The van der Waals surface area contributed by atoms with Crippen LogP contribution in [-0.2, 0) is 16.1 Å². The molecule has 0 radical (unpaired) electrons. The van der Waals surface area contributed by atoms with Crippen molar-refractivity contribution in [1.82, 2.24) is 24.6 Å². The molecule has 0 aliphatic heterocycles. The number of ether oxygens (including phenoxy) is 1. The number of amides is 1. The van der Waals surface area contributed by atoms with E-state index in [9.17, 15) is 9.59 Å². The van der Waals surface area contributed by atoms with Crippen molar-refractivity contribution in [2.45, 2.75) is 39.8 Å².